The highest BCUT2D eigenvalue weighted by Crippen LogP contribution is 2.32. The Morgan fingerprint density at radius 1 is 1.07 bits per heavy atom. The highest BCUT2D eigenvalue weighted by atomic mass is 16.5. The van der Waals surface area contributed by atoms with Gasteiger partial charge >= 0.3 is 0 Å². The predicted octanol–water partition coefficient (Wildman–Crippen LogP) is 3.17. The number of nitrogens with one attached hydrogen (secondary N) is 1. The second-order valence-corrected chi connectivity index (χ2v) is 6.39. The Kier molecular flexibility index (Phi) is 4.99. The van der Waals surface area contributed by atoms with E-state index in [1.807, 2.05) is 18.2 Å². The maximum absolute atomic E-state index is 13.0. The third kappa shape index (κ3) is 3.44. The van der Waals surface area contributed by atoms with Crippen molar-refractivity contribution in [3.63, 3.8) is 0 Å². The van der Waals surface area contributed by atoms with Crippen LogP contribution in [0.2, 0.25) is 0 Å². The normalized spacial score (nSPS) is 14.1. The van der Waals surface area contributed by atoms with Gasteiger partial charge in [-0.05, 0) is 30.3 Å². The molecule has 144 valence electrons. The number of hydrogen-bond donors (Lipinski definition) is 1. The molecule has 0 spiro atoms. The third-order valence-electron chi connectivity index (χ3n) is 4.66. The molecular weight excluding hydrogens is 360 g/mol. The summed E-state index contributed by atoms with van der Waals surface area (Å²) < 4.78 is 16.3. The van der Waals surface area contributed by atoms with E-state index >= 15 is 0 Å². The van der Waals surface area contributed by atoms with Crippen LogP contribution in [0, 0.1) is 0 Å². The number of para-hydroxylation sites is 1. The number of furan rings is 1. The van der Waals surface area contributed by atoms with Gasteiger partial charge in [0.2, 0.25) is 5.76 Å². The number of ether oxygens (including phenoxy) is 2. The van der Waals surface area contributed by atoms with E-state index < -0.39 is 0 Å². The van der Waals surface area contributed by atoms with Crippen molar-refractivity contribution in [3.05, 3.63) is 59.9 Å². The van der Waals surface area contributed by atoms with E-state index in [9.17, 15) is 9.59 Å². The molecule has 0 radical (unpaired) electrons. The monoisotopic (exact) mass is 380 g/mol. The first-order valence-electron chi connectivity index (χ1n) is 9.01. The fourth-order valence-corrected chi connectivity index (χ4v) is 3.18. The number of fused-ring (bicyclic) bond motifs is 1. The Balaban J connectivity index is 1.70. The molecule has 1 aliphatic rings. The minimum Gasteiger partial charge on any atom is -0.497 e. The van der Waals surface area contributed by atoms with E-state index in [2.05, 4.69) is 5.32 Å². The Labute approximate surface area is 161 Å². The SMILES string of the molecule is COc1cccc(C(=O)Nc2c(C(=O)N3CCOCC3)oc3ccccc23)c1. The van der Waals surface area contributed by atoms with E-state index in [1.165, 1.54) is 0 Å². The van der Waals surface area contributed by atoms with Gasteiger partial charge in [-0.15, -0.1) is 0 Å². The number of nitrogens with zero attached hydrogens (tertiary/aromatic N) is 1. The molecule has 28 heavy (non-hydrogen) atoms. The van der Waals surface area contributed by atoms with Crippen LogP contribution in [0.5, 0.6) is 5.75 Å². The Morgan fingerprint density at radius 2 is 1.86 bits per heavy atom. The molecular formula is C21H20N2O5. The largest absolute Gasteiger partial charge is 0.497 e. The van der Waals surface area contributed by atoms with Crippen molar-refractivity contribution in [1.29, 1.82) is 0 Å². The number of morpholine rings is 1. The van der Waals surface area contributed by atoms with E-state index in [4.69, 9.17) is 13.9 Å². The van der Waals surface area contributed by atoms with Crippen molar-refractivity contribution >= 4 is 28.5 Å². The molecule has 1 aliphatic heterocycles. The van der Waals surface area contributed by atoms with Gasteiger partial charge in [-0.3, -0.25) is 9.59 Å². The second-order valence-electron chi connectivity index (χ2n) is 6.39. The molecule has 2 amide bonds. The maximum atomic E-state index is 13.0. The molecule has 1 saturated heterocycles. The maximum Gasteiger partial charge on any atom is 0.291 e. The van der Waals surface area contributed by atoms with Gasteiger partial charge in [0, 0.05) is 24.0 Å². The zero-order valence-electron chi connectivity index (χ0n) is 15.4. The number of carbonyl (C=O) groups excluding carboxylic acids is 2. The average molecular weight is 380 g/mol. The Bertz CT molecular complexity index is 1020. The average Bonchev–Trinajstić information content (AvgIpc) is 3.12. The first-order chi connectivity index (χ1) is 13.7. The first kappa shape index (κ1) is 18.1. The topological polar surface area (TPSA) is 81.0 Å². The van der Waals surface area contributed by atoms with Crippen LogP contribution < -0.4 is 10.1 Å². The number of anilines is 1. The molecule has 2 heterocycles. The number of rotatable bonds is 4. The lowest BCUT2D eigenvalue weighted by molar-refractivity contribution is 0.0285. The lowest BCUT2D eigenvalue weighted by atomic mass is 10.1. The van der Waals surface area contributed by atoms with Gasteiger partial charge in [-0.2, -0.15) is 0 Å². The Hall–Kier alpha value is -3.32. The summed E-state index contributed by atoms with van der Waals surface area (Å²) in [5.41, 5.74) is 1.34. The summed E-state index contributed by atoms with van der Waals surface area (Å²) >= 11 is 0. The molecule has 0 atom stereocenters. The van der Waals surface area contributed by atoms with Gasteiger partial charge in [0.05, 0.1) is 20.3 Å². The fraction of sp³-hybridized carbons (Fsp3) is 0.238. The summed E-state index contributed by atoms with van der Waals surface area (Å²) in [6, 6.07) is 14.1. The Morgan fingerprint density at radius 3 is 2.64 bits per heavy atom. The van der Waals surface area contributed by atoms with Crippen molar-refractivity contribution in [3.8, 4) is 5.75 Å². The molecule has 1 aromatic heterocycles. The summed E-state index contributed by atoms with van der Waals surface area (Å²) in [5, 5.41) is 3.53. The van der Waals surface area contributed by atoms with Crippen molar-refractivity contribution in [2.75, 3.05) is 38.7 Å². The van der Waals surface area contributed by atoms with Crippen LogP contribution in [-0.2, 0) is 4.74 Å². The number of methoxy groups -OCH3 is 1. The zero-order chi connectivity index (χ0) is 19.5. The summed E-state index contributed by atoms with van der Waals surface area (Å²) in [6.45, 7) is 1.94. The molecule has 2 aromatic carbocycles. The fourth-order valence-electron chi connectivity index (χ4n) is 3.18. The first-order valence-corrected chi connectivity index (χ1v) is 9.01. The van der Waals surface area contributed by atoms with E-state index in [1.54, 1.807) is 42.3 Å². The summed E-state index contributed by atoms with van der Waals surface area (Å²) in [6.07, 6.45) is 0. The van der Waals surface area contributed by atoms with E-state index in [0.29, 0.717) is 54.3 Å². The van der Waals surface area contributed by atoms with Crippen molar-refractivity contribution in [2.24, 2.45) is 0 Å². The lowest BCUT2D eigenvalue weighted by Gasteiger charge is -2.26. The van der Waals surface area contributed by atoms with Crippen LogP contribution in [0.25, 0.3) is 11.0 Å². The predicted molar refractivity (Wildman–Crippen MR) is 104 cm³/mol. The molecule has 7 heteroatoms. The summed E-state index contributed by atoms with van der Waals surface area (Å²) in [4.78, 5) is 27.5. The van der Waals surface area contributed by atoms with Crippen LogP contribution in [0.15, 0.2) is 52.9 Å². The van der Waals surface area contributed by atoms with Gasteiger partial charge in [-0.1, -0.05) is 18.2 Å². The summed E-state index contributed by atoms with van der Waals surface area (Å²) in [5.74, 6) is 0.0931. The standard InChI is InChI=1S/C21H20N2O5/c1-26-15-6-4-5-14(13-15)20(24)22-18-16-7-2-3-8-17(16)28-19(18)21(25)23-9-11-27-12-10-23/h2-8,13H,9-12H2,1H3,(H,22,24). The molecule has 7 nitrogen and oxygen atoms in total. The van der Waals surface area contributed by atoms with Gasteiger partial charge in [0.25, 0.3) is 11.8 Å². The van der Waals surface area contributed by atoms with E-state index in [-0.39, 0.29) is 17.6 Å². The van der Waals surface area contributed by atoms with Crippen molar-refractivity contribution in [2.45, 2.75) is 0 Å². The van der Waals surface area contributed by atoms with E-state index in [0.717, 1.165) is 0 Å². The van der Waals surface area contributed by atoms with Gasteiger partial charge < -0.3 is 24.1 Å². The number of amides is 2. The molecule has 0 aliphatic carbocycles. The molecule has 1 fully saturated rings. The molecule has 3 aromatic rings. The minimum absolute atomic E-state index is 0.124. The number of carbonyl (C=O) groups is 2. The minimum atomic E-state index is -0.346. The van der Waals surface area contributed by atoms with Crippen LogP contribution in [0.3, 0.4) is 0 Å². The molecule has 0 saturated carbocycles. The molecule has 0 bridgehead atoms. The smallest absolute Gasteiger partial charge is 0.291 e. The molecule has 1 N–H and O–H groups in total. The summed E-state index contributed by atoms with van der Waals surface area (Å²) in [7, 11) is 1.54. The third-order valence-corrected chi connectivity index (χ3v) is 4.66. The molecule has 0 unspecified atom stereocenters. The number of hydrogen-bond acceptors (Lipinski definition) is 5. The van der Waals surface area contributed by atoms with Crippen molar-refractivity contribution in [1.82, 2.24) is 4.90 Å². The zero-order valence-corrected chi connectivity index (χ0v) is 15.4. The second kappa shape index (κ2) is 7.74. The highest BCUT2D eigenvalue weighted by Gasteiger charge is 2.27. The lowest BCUT2D eigenvalue weighted by Crippen LogP contribution is -2.40. The van der Waals surface area contributed by atoms with Crippen LogP contribution in [-0.4, -0.2) is 50.1 Å². The van der Waals surface area contributed by atoms with Crippen LogP contribution in [0.1, 0.15) is 20.9 Å². The van der Waals surface area contributed by atoms with Crippen LogP contribution in [0.4, 0.5) is 5.69 Å². The quantitative estimate of drug-likeness (QED) is 0.752. The highest BCUT2D eigenvalue weighted by molar-refractivity contribution is 6.14. The molecule has 4 rings (SSSR count). The van der Waals surface area contributed by atoms with Gasteiger partial charge in [-0.25, -0.2) is 0 Å². The van der Waals surface area contributed by atoms with Gasteiger partial charge in [0.15, 0.2) is 0 Å². The number of benzene rings is 2. The van der Waals surface area contributed by atoms with Gasteiger partial charge in [0.1, 0.15) is 17.0 Å². The van der Waals surface area contributed by atoms with Crippen molar-refractivity contribution < 1.29 is 23.5 Å². The van der Waals surface area contributed by atoms with Crippen LogP contribution >= 0.6 is 0 Å².